The molecule has 1 aromatic carbocycles. The second-order valence-electron chi connectivity index (χ2n) is 5.15. The van der Waals surface area contributed by atoms with Gasteiger partial charge in [-0.25, -0.2) is 9.78 Å². The number of fused-ring (bicyclic) bond motifs is 1. The molecular weight excluding hydrogens is 268 g/mol. The average molecular weight is 290 g/mol. The fourth-order valence-corrected chi connectivity index (χ4v) is 2.62. The van der Waals surface area contributed by atoms with Gasteiger partial charge in [-0.3, -0.25) is 0 Å². The summed E-state index contributed by atoms with van der Waals surface area (Å²) >= 11 is 0. The summed E-state index contributed by atoms with van der Waals surface area (Å²) in [4.78, 5) is 15.8. The summed E-state index contributed by atoms with van der Waals surface area (Å²) in [6, 6.07) is 5.31. The van der Waals surface area contributed by atoms with Crippen molar-refractivity contribution in [3.63, 3.8) is 0 Å². The van der Waals surface area contributed by atoms with Crippen LogP contribution in [-0.4, -0.2) is 32.3 Å². The molecule has 0 atom stereocenters. The number of carboxylic acid groups (broad SMARTS) is 1. The van der Waals surface area contributed by atoms with Crippen molar-refractivity contribution in [3.05, 3.63) is 29.6 Å². The van der Waals surface area contributed by atoms with E-state index in [1.54, 1.807) is 12.1 Å². The van der Waals surface area contributed by atoms with Gasteiger partial charge < -0.3 is 14.8 Å². The standard InChI is InChI=1S/C16H22N2O3/c1-2-14-17-15-12(16(20)21)8-7-9-13(15)18(14)10-5-3-4-6-11-19/h7-9,19H,2-6,10-11H2,1H3,(H,20,21). The Morgan fingerprint density at radius 1 is 1.24 bits per heavy atom. The van der Waals surface area contributed by atoms with Gasteiger partial charge in [0, 0.05) is 19.6 Å². The van der Waals surface area contributed by atoms with E-state index in [9.17, 15) is 9.90 Å². The van der Waals surface area contributed by atoms with Crippen molar-refractivity contribution < 1.29 is 15.0 Å². The Balaban J connectivity index is 2.25. The van der Waals surface area contributed by atoms with Crippen molar-refractivity contribution in [2.45, 2.75) is 45.6 Å². The van der Waals surface area contributed by atoms with Crippen LogP contribution in [0.5, 0.6) is 0 Å². The first kappa shape index (κ1) is 15.5. The molecule has 0 saturated heterocycles. The summed E-state index contributed by atoms with van der Waals surface area (Å²) in [7, 11) is 0. The van der Waals surface area contributed by atoms with E-state index < -0.39 is 5.97 Å². The number of hydrogen-bond donors (Lipinski definition) is 2. The van der Waals surface area contributed by atoms with Crippen molar-refractivity contribution in [3.8, 4) is 0 Å². The molecule has 0 aliphatic rings. The lowest BCUT2D eigenvalue weighted by atomic mass is 10.1. The summed E-state index contributed by atoms with van der Waals surface area (Å²) in [5.41, 5.74) is 1.74. The molecule has 0 amide bonds. The quantitative estimate of drug-likeness (QED) is 0.733. The molecule has 21 heavy (non-hydrogen) atoms. The molecule has 0 radical (unpaired) electrons. The molecule has 1 heterocycles. The van der Waals surface area contributed by atoms with Gasteiger partial charge in [0.1, 0.15) is 11.3 Å². The van der Waals surface area contributed by atoms with E-state index in [0.717, 1.165) is 50.0 Å². The van der Waals surface area contributed by atoms with Crippen molar-refractivity contribution in [2.24, 2.45) is 0 Å². The Bertz CT molecular complexity index is 619. The number of nitrogens with zero attached hydrogens (tertiary/aromatic N) is 2. The molecule has 114 valence electrons. The van der Waals surface area contributed by atoms with E-state index in [2.05, 4.69) is 9.55 Å². The number of aliphatic hydroxyl groups excluding tert-OH is 1. The first-order valence-electron chi connectivity index (χ1n) is 7.51. The highest BCUT2D eigenvalue weighted by molar-refractivity contribution is 6.01. The third-order valence-corrected chi connectivity index (χ3v) is 3.69. The zero-order valence-corrected chi connectivity index (χ0v) is 12.4. The van der Waals surface area contributed by atoms with Crippen LogP contribution in [0.1, 0.15) is 48.8 Å². The normalized spacial score (nSPS) is 11.1. The number of carbonyl (C=O) groups is 1. The van der Waals surface area contributed by atoms with Gasteiger partial charge >= 0.3 is 5.97 Å². The van der Waals surface area contributed by atoms with Crippen molar-refractivity contribution in [2.75, 3.05) is 6.61 Å². The van der Waals surface area contributed by atoms with E-state index in [1.165, 1.54) is 0 Å². The van der Waals surface area contributed by atoms with E-state index >= 15 is 0 Å². The lowest BCUT2D eigenvalue weighted by Gasteiger charge is -2.08. The monoisotopic (exact) mass is 290 g/mol. The van der Waals surface area contributed by atoms with Crippen molar-refractivity contribution >= 4 is 17.0 Å². The fraction of sp³-hybridized carbons (Fsp3) is 0.500. The molecule has 5 nitrogen and oxygen atoms in total. The summed E-state index contributed by atoms with van der Waals surface area (Å²) in [6.45, 7) is 3.12. The van der Waals surface area contributed by atoms with Gasteiger partial charge in [-0.15, -0.1) is 0 Å². The number of carboxylic acids is 1. The van der Waals surface area contributed by atoms with Crippen LogP contribution in [-0.2, 0) is 13.0 Å². The smallest absolute Gasteiger partial charge is 0.337 e. The third kappa shape index (κ3) is 3.42. The Hall–Kier alpha value is -1.88. The van der Waals surface area contributed by atoms with Gasteiger partial charge in [-0.1, -0.05) is 25.8 Å². The number of imidazole rings is 1. The molecule has 2 aromatic rings. The molecule has 0 unspecified atom stereocenters. The lowest BCUT2D eigenvalue weighted by Crippen LogP contribution is -2.03. The molecule has 0 spiro atoms. The number of hydrogen-bond acceptors (Lipinski definition) is 3. The Labute approximate surface area is 124 Å². The van der Waals surface area contributed by atoms with Crippen LogP contribution in [0.25, 0.3) is 11.0 Å². The van der Waals surface area contributed by atoms with Gasteiger partial charge in [-0.05, 0) is 25.0 Å². The zero-order chi connectivity index (χ0) is 15.2. The molecule has 2 N–H and O–H groups in total. The first-order chi connectivity index (χ1) is 10.2. The summed E-state index contributed by atoms with van der Waals surface area (Å²) in [6.07, 6.45) is 4.71. The van der Waals surface area contributed by atoms with Gasteiger partial charge in [0.05, 0.1) is 11.1 Å². The summed E-state index contributed by atoms with van der Waals surface area (Å²) in [5, 5.41) is 18.0. The predicted octanol–water partition coefficient (Wildman–Crippen LogP) is 2.85. The molecule has 0 saturated carbocycles. The minimum atomic E-state index is -0.934. The molecule has 0 aliphatic heterocycles. The molecule has 2 rings (SSSR count). The number of aromatic nitrogens is 2. The van der Waals surface area contributed by atoms with Crippen LogP contribution < -0.4 is 0 Å². The number of para-hydroxylation sites is 1. The van der Waals surface area contributed by atoms with Crippen LogP contribution in [0.3, 0.4) is 0 Å². The highest BCUT2D eigenvalue weighted by atomic mass is 16.4. The minimum Gasteiger partial charge on any atom is -0.478 e. The lowest BCUT2D eigenvalue weighted by molar-refractivity contribution is 0.0699. The Morgan fingerprint density at radius 2 is 2.00 bits per heavy atom. The van der Waals surface area contributed by atoms with Crippen LogP contribution >= 0.6 is 0 Å². The highest BCUT2D eigenvalue weighted by Crippen LogP contribution is 2.21. The van der Waals surface area contributed by atoms with Gasteiger partial charge in [0.2, 0.25) is 0 Å². The fourth-order valence-electron chi connectivity index (χ4n) is 2.62. The maximum absolute atomic E-state index is 11.3. The largest absolute Gasteiger partial charge is 0.478 e. The zero-order valence-electron chi connectivity index (χ0n) is 12.4. The number of aliphatic hydroxyl groups is 1. The van der Waals surface area contributed by atoms with E-state index in [1.807, 2.05) is 13.0 Å². The number of benzene rings is 1. The number of unbranched alkanes of at least 4 members (excludes halogenated alkanes) is 3. The van der Waals surface area contributed by atoms with Gasteiger partial charge in [0.15, 0.2) is 0 Å². The van der Waals surface area contributed by atoms with Crippen LogP contribution in [0.15, 0.2) is 18.2 Å². The summed E-state index contributed by atoms with van der Waals surface area (Å²) in [5.74, 6) is -0.00305. The van der Waals surface area contributed by atoms with E-state index in [-0.39, 0.29) is 12.2 Å². The van der Waals surface area contributed by atoms with E-state index in [0.29, 0.717) is 5.52 Å². The van der Waals surface area contributed by atoms with Crippen molar-refractivity contribution in [1.29, 1.82) is 0 Å². The topological polar surface area (TPSA) is 75.3 Å². The van der Waals surface area contributed by atoms with Crippen molar-refractivity contribution in [1.82, 2.24) is 9.55 Å². The summed E-state index contributed by atoms with van der Waals surface area (Å²) < 4.78 is 2.13. The predicted molar refractivity (Wildman–Crippen MR) is 81.6 cm³/mol. The maximum atomic E-state index is 11.3. The molecule has 0 bridgehead atoms. The number of aryl methyl sites for hydroxylation is 2. The average Bonchev–Trinajstić information content (AvgIpc) is 2.84. The second kappa shape index (κ2) is 7.22. The molecule has 5 heteroatoms. The molecular formula is C16H22N2O3. The van der Waals surface area contributed by atoms with E-state index in [4.69, 9.17) is 5.11 Å². The van der Waals surface area contributed by atoms with Gasteiger partial charge in [-0.2, -0.15) is 0 Å². The maximum Gasteiger partial charge on any atom is 0.337 e. The number of rotatable bonds is 8. The second-order valence-corrected chi connectivity index (χ2v) is 5.15. The minimum absolute atomic E-state index is 0.246. The Morgan fingerprint density at radius 3 is 2.67 bits per heavy atom. The first-order valence-corrected chi connectivity index (χ1v) is 7.51. The van der Waals surface area contributed by atoms with Gasteiger partial charge in [0.25, 0.3) is 0 Å². The number of aromatic carboxylic acids is 1. The Kier molecular flexibility index (Phi) is 5.33. The SMILES string of the molecule is CCc1nc2c(C(=O)O)cccc2n1CCCCCCO. The van der Waals surface area contributed by atoms with Crippen LogP contribution in [0.4, 0.5) is 0 Å². The molecule has 0 fully saturated rings. The third-order valence-electron chi connectivity index (χ3n) is 3.69. The highest BCUT2D eigenvalue weighted by Gasteiger charge is 2.15. The van der Waals surface area contributed by atoms with Crippen LogP contribution in [0.2, 0.25) is 0 Å². The van der Waals surface area contributed by atoms with Crippen LogP contribution in [0, 0.1) is 0 Å². The molecule has 0 aliphatic carbocycles. The molecule has 1 aromatic heterocycles.